The van der Waals surface area contributed by atoms with E-state index in [9.17, 15) is 4.79 Å². The van der Waals surface area contributed by atoms with Crippen LogP contribution in [0.5, 0.6) is 0 Å². The third-order valence-corrected chi connectivity index (χ3v) is 3.68. The van der Waals surface area contributed by atoms with Gasteiger partial charge in [-0.15, -0.1) is 0 Å². The van der Waals surface area contributed by atoms with E-state index in [4.69, 9.17) is 0 Å². The smallest absolute Gasteiger partial charge is 0.307 e. The average molecular weight is 315 g/mol. The van der Waals surface area contributed by atoms with Gasteiger partial charge in [0.2, 0.25) is 0 Å². The fourth-order valence-electron chi connectivity index (χ4n) is 2.62. The van der Waals surface area contributed by atoms with Crippen LogP contribution in [0, 0.1) is 0 Å². The van der Waals surface area contributed by atoms with Crippen molar-refractivity contribution in [2.45, 2.75) is 0 Å². The van der Waals surface area contributed by atoms with Gasteiger partial charge < -0.3 is 10.6 Å². The molecule has 3 heterocycles. The van der Waals surface area contributed by atoms with Crippen LogP contribution in [0.3, 0.4) is 0 Å². The number of amides is 2. The van der Waals surface area contributed by atoms with Gasteiger partial charge in [0, 0.05) is 35.6 Å². The number of hydrogen-bond acceptors (Lipinski definition) is 4. The maximum atomic E-state index is 12.3. The van der Waals surface area contributed by atoms with Gasteiger partial charge >= 0.3 is 6.03 Å². The number of fused-ring (bicyclic) bond motifs is 3. The van der Waals surface area contributed by atoms with E-state index in [1.54, 1.807) is 43.1 Å². The largest absolute Gasteiger partial charge is 0.323 e. The molecule has 2 N–H and O–H groups in total. The first kappa shape index (κ1) is 14.1. The van der Waals surface area contributed by atoms with E-state index in [2.05, 4.69) is 25.6 Å². The molecule has 2 amide bonds. The van der Waals surface area contributed by atoms with Crippen LogP contribution in [0.2, 0.25) is 0 Å². The molecule has 24 heavy (non-hydrogen) atoms. The number of benzene rings is 1. The molecule has 1 aromatic carbocycles. The summed E-state index contributed by atoms with van der Waals surface area (Å²) in [6.45, 7) is 0. The molecule has 116 valence electrons. The highest BCUT2D eigenvalue weighted by atomic mass is 16.2. The van der Waals surface area contributed by atoms with Crippen LogP contribution in [0.4, 0.5) is 16.2 Å². The number of nitrogens with zero attached hydrogens (tertiary/aromatic N) is 3. The Balaban J connectivity index is 1.74. The lowest BCUT2D eigenvalue weighted by Crippen LogP contribution is -2.19. The fraction of sp³-hybridized carbons (Fsp3) is 0. The summed E-state index contributed by atoms with van der Waals surface area (Å²) in [6.07, 6.45) is 8.47. The molecule has 6 nitrogen and oxygen atoms in total. The van der Waals surface area contributed by atoms with E-state index in [0.29, 0.717) is 11.4 Å². The summed E-state index contributed by atoms with van der Waals surface area (Å²) in [5.74, 6) is 0. The Kier molecular flexibility index (Phi) is 3.47. The summed E-state index contributed by atoms with van der Waals surface area (Å²) in [6, 6.07) is 10.8. The topological polar surface area (TPSA) is 79.8 Å². The first-order valence-corrected chi connectivity index (χ1v) is 7.41. The SMILES string of the molecule is O=C(Nc1cccnc1)Nc1cc2ccncc2c2ncccc12. The van der Waals surface area contributed by atoms with Gasteiger partial charge in [-0.25, -0.2) is 4.79 Å². The molecule has 0 unspecified atom stereocenters. The molecule has 0 aliphatic heterocycles. The maximum absolute atomic E-state index is 12.3. The van der Waals surface area contributed by atoms with E-state index in [1.807, 2.05) is 24.3 Å². The van der Waals surface area contributed by atoms with Gasteiger partial charge in [-0.2, -0.15) is 0 Å². The van der Waals surface area contributed by atoms with E-state index < -0.39 is 0 Å². The van der Waals surface area contributed by atoms with Crippen molar-refractivity contribution in [3.05, 3.63) is 67.4 Å². The zero-order valence-electron chi connectivity index (χ0n) is 12.6. The third kappa shape index (κ3) is 2.61. The molecule has 0 radical (unpaired) electrons. The summed E-state index contributed by atoms with van der Waals surface area (Å²) in [5, 5.41) is 8.42. The van der Waals surface area contributed by atoms with Crippen molar-refractivity contribution in [2.75, 3.05) is 10.6 Å². The zero-order chi connectivity index (χ0) is 16.4. The predicted molar refractivity (Wildman–Crippen MR) is 93.9 cm³/mol. The van der Waals surface area contributed by atoms with Crippen LogP contribution >= 0.6 is 0 Å². The normalized spacial score (nSPS) is 10.7. The highest BCUT2D eigenvalue weighted by molar-refractivity contribution is 6.14. The Bertz CT molecular complexity index is 1030. The Labute approximate surface area is 137 Å². The number of carbonyl (C=O) groups is 1. The van der Waals surface area contributed by atoms with Gasteiger partial charge in [0.25, 0.3) is 0 Å². The van der Waals surface area contributed by atoms with E-state index in [0.717, 1.165) is 21.7 Å². The van der Waals surface area contributed by atoms with Crippen LogP contribution in [0.15, 0.2) is 67.4 Å². The summed E-state index contributed by atoms with van der Waals surface area (Å²) in [4.78, 5) is 24.9. The zero-order valence-corrected chi connectivity index (χ0v) is 12.6. The van der Waals surface area contributed by atoms with Gasteiger partial charge in [-0.05, 0) is 41.8 Å². The number of nitrogens with one attached hydrogen (secondary N) is 2. The number of carbonyl (C=O) groups excluding carboxylic acids is 1. The number of urea groups is 1. The second-order valence-corrected chi connectivity index (χ2v) is 5.24. The Hall–Kier alpha value is -3.54. The number of aromatic nitrogens is 3. The lowest BCUT2D eigenvalue weighted by atomic mass is 10.1. The van der Waals surface area contributed by atoms with Crippen molar-refractivity contribution < 1.29 is 4.79 Å². The van der Waals surface area contributed by atoms with Crippen LogP contribution < -0.4 is 10.6 Å². The molecule has 3 aromatic heterocycles. The molecular formula is C18H13N5O. The third-order valence-electron chi connectivity index (χ3n) is 3.68. The van der Waals surface area contributed by atoms with E-state index in [1.165, 1.54) is 0 Å². The fourth-order valence-corrected chi connectivity index (χ4v) is 2.62. The Morgan fingerprint density at radius 1 is 0.875 bits per heavy atom. The van der Waals surface area contributed by atoms with Crippen molar-refractivity contribution in [3.8, 4) is 0 Å². The maximum Gasteiger partial charge on any atom is 0.323 e. The molecule has 4 rings (SSSR count). The monoisotopic (exact) mass is 315 g/mol. The molecular weight excluding hydrogens is 302 g/mol. The number of anilines is 2. The molecule has 0 atom stereocenters. The molecule has 0 saturated heterocycles. The summed E-state index contributed by atoms with van der Waals surface area (Å²) < 4.78 is 0. The van der Waals surface area contributed by atoms with Crippen LogP contribution in [0.25, 0.3) is 21.7 Å². The summed E-state index contributed by atoms with van der Waals surface area (Å²) in [7, 11) is 0. The van der Waals surface area contributed by atoms with Gasteiger partial charge in [0.05, 0.1) is 23.1 Å². The molecule has 0 aliphatic rings. The lowest BCUT2D eigenvalue weighted by Gasteiger charge is -2.11. The first-order chi connectivity index (χ1) is 11.8. The number of rotatable bonds is 2. The predicted octanol–water partition coefficient (Wildman–Crippen LogP) is 3.82. The first-order valence-electron chi connectivity index (χ1n) is 7.41. The highest BCUT2D eigenvalue weighted by Gasteiger charge is 2.10. The molecule has 0 bridgehead atoms. The van der Waals surface area contributed by atoms with Crippen molar-refractivity contribution in [1.82, 2.24) is 15.0 Å². The van der Waals surface area contributed by atoms with Crippen molar-refractivity contribution >= 4 is 39.1 Å². The number of pyridine rings is 3. The average Bonchev–Trinajstić information content (AvgIpc) is 2.63. The molecule has 4 aromatic rings. The molecule has 0 saturated carbocycles. The Morgan fingerprint density at radius 2 is 1.75 bits per heavy atom. The second-order valence-electron chi connectivity index (χ2n) is 5.24. The standard InChI is InChI=1S/C18H13N5O/c24-18(22-13-3-1-6-19-10-13)23-16-9-12-5-8-20-11-15(12)17-14(16)4-2-7-21-17/h1-11H,(H2,22,23,24). The molecule has 6 heteroatoms. The quantitative estimate of drug-likeness (QED) is 0.551. The van der Waals surface area contributed by atoms with Crippen molar-refractivity contribution in [2.24, 2.45) is 0 Å². The number of hydrogen-bond donors (Lipinski definition) is 2. The summed E-state index contributed by atoms with van der Waals surface area (Å²) >= 11 is 0. The Morgan fingerprint density at radius 3 is 2.62 bits per heavy atom. The van der Waals surface area contributed by atoms with E-state index >= 15 is 0 Å². The van der Waals surface area contributed by atoms with Crippen molar-refractivity contribution in [1.29, 1.82) is 0 Å². The lowest BCUT2D eigenvalue weighted by molar-refractivity contribution is 0.262. The van der Waals surface area contributed by atoms with Gasteiger partial charge in [-0.3, -0.25) is 15.0 Å². The van der Waals surface area contributed by atoms with Crippen LogP contribution in [-0.4, -0.2) is 21.0 Å². The minimum atomic E-state index is -0.332. The second kappa shape index (κ2) is 5.92. The minimum absolute atomic E-state index is 0.332. The van der Waals surface area contributed by atoms with Crippen molar-refractivity contribution in [3.63, 3.8) is 0 Å². The van der Waals surface area contributed by atoms with Crippen LogP contribution in [-0.2, 0) is 0 Å². The summed E-state index contributed by atoms with van der Waals surface area (Å²) in [5.41, 5.74) is 2.13. The van der Waals surface area contributed by atoms with Gasteiger partial charge in [0.15, 0.2) is 0 Å². The van der Waals surface area contributed by atoms with Gasteiger partial charge in [0.1, 0.15) is 0 Å². The van der Waals surface area contributed by atoms with E-state index in [-0.39, 0.29) is 6.03 Å². The molecule has 0 aliphatic carbocycles. The van der Waals surface area contributed by atoms with Gasteiger partial charge in [-0.1, -0.05) is 0 Å². The highest BCUT2D eigenvalue weighted by Crippen LogP contribution is 2.30. The molecule has 0 fully saturated rings. The molecule has 0 spiro atoms. The minimum Gasteiger partial charge on any atom is -0.307 e. The van der Waals surface area contributed by atoms with Crippen LogP contribution in [0.1, 0.15) is 0 Å².